The van der Waals surface area contributed by atoms with Crippen LogP contribution in [0.5, 0.6) is 0 Å². The molecule has 0 amide bonds. The number of rotatable bonds is 3. The fourth-order valence-electron chi connectivity index (χ4n) is 1.30. The summed E-state index contributed by atoms with van der Waals surface area (Å²) in [6.07, 6.45) is 1.39. The highest BCUT2D eigenvalue weighted by molar-refractivity contribution is 7.99. The zero-order valence-electron chi connectivity index (χ0n) is 10.3. The van der Waals surface area contributed by atoms with Gasteiger partial charge in [0.05, 0.1) is 0 Å². The standard InChI is InChI=1S/C9H19NS.C2H6.H2O.H2/c1-8(2)10-6-9(3)4-5-11-7-9;1-2;;/h8,10H,4-7H2,1-3H3;1-2H3;1H2;1H. The highest BCUT2D eigenvalue weighted by Gasteiger charge is 2.28. The van der Waals surface area contributed by atoms with Crippen molar-refractivity contribution in [2.45, 2.75) is 47.1 Å². The van der Waals surface area contributed by atoms with Gasteiger partial charge in [0, 0.05) is 14.0 Å². The maximum Gasteiger partial charge on any atom is 0.00157 e. The Hall–Kier alpha value is 0.270. The van der Waals surface area contributed by atoms with Crippen molar-refractivity contribution in [1.82, 2.24) is 5.32 Å². The third-order valence-corrected chi connectivity index (χ3v) is 3.63. The lowest BCUT2D eigenvalue weighted by Gasteiger charge is -2.24. The smallest absolute Gasteiger partial charge is 0.00157 e. The fourth-order valence-corrected chi connectivity index (χ4v) is 2.82. The van der Waals surface area contributed by atoms with E-state index in [1.54, 1.807) is 0 Å². The van der Waals surface area contributed by atoms with Crippen LogP contribution >= 0.6 is 11.8 Å². The monoisotopic (exact) mass is 223 g/mol. The van der Waals surface area contributed by atoms with E-state index in [2.05, 4.69) is 37.8 Å². The van der Waals surface area contributed by atoms with Gasteiger partial charge in [-0.15, -0.1) is 0 Å². The minimum atomic E-state index is 0. The normalized spacial score (nSPS) is 25.3. The fraction of sp³-hybridized carbons (Fsp3) is 1.00. The molecule has 0 aromatic heterocycles. The first-order chi connectivity index (χ1) is 6.12. The van der Waals surface area contributed by atoms with Gasteiger partial charge in [0.25, 0.3) is 0 Å². The summed E-state index contributed by atoms with van der Waals surface area (Å²) in [7, 11) is 0. The van der Waals surface area contributed by atoms with Gasteiger partial charge in [-0.25, -0.2) is 0 Å². The summed E-state index contributed by atoms with van der Waals surface area (Å²) in [4.78, 5) is 0. The van der Waals surface area contributed by atoms with E-state index in [0.29, 0.717) is 11.5 Å². The summed E-state index contributed by atoms with van der Waals surface area (Å²) in [6.45, 7) is 12.0. The van der Waals surface area contributed by atoms with E-state index in [1.807, 2.05) is 13.8 Å². The Kier molecular flexibility index (Phi) is 10.2. The van der Waals surface area contributed by atoms with Crippen LogP contribution in [-0.2, 0) is 0 Å². The minimum absolute atomic E-state index is 0. The van der Waals surface area contributed by atoms with Crippen LogP contribution in [0.4, 0.5) is 0 Å². The van der Waals surface area contributed by atoms with Crippen molar-refractivity contribution in [3.8, 4) is 0 Å². The van der Waals surface area contributed by atoms with Crippen molar-refractivity contribution in [2.75, 3.05) is 18.1 Å². The lowest BCUT2D eigenvalue weighted by molar-refractivity contribution is 0.338. The second-order valence-corrected chi connectivity index (χ2v) is 5.25. The zero-order chi connectivity index (χ0) is 10.3. The average Bonchev–Trinajstić information content (AvgIpc) is 2.54. The molecule has 1 aliphatic rings. The SMILES string of the molecule is CC.CC(C)NCC1(C)CCSC1.O.[HH]. The van der Waals surface area contributed by atoms with Crippen LogP contribution in [0.15, 0.2) is 0 Å². The number of hydrogen-bond donors (Lipinski definition) is 1. The van der Waals surface area contributed by atoms with Crippen LogP contribution in [0.3, 0.4) is 0 Å². The molecule has 14 heavy (non-hydrogen) atoms. The van der Waals surface area contributed by atoms with E-state index in [-0.39, 0.29) is 6.90 Å². The number of nitrogens with one attached hydrogen (secondary N) is 1. The number of thioether (sulfide) groups is 1. The van der Waals surface area contributed by atoms with E-state index in [9.17, 15) is 0 Å². The van der Waals surface area contributed by atoms with Gasteiger partial charge < -0.3 is 10.8 Å². The Morgan fingerprint density at radius 2 is 2.00 bits per heavy atom. The molecular formula is C11H29NOS. The largest absolute Gasteiger partial charge is 0.412 e. The molecule has 0 radical (unpaired) electrons. The van der Waals surface area contributed by atoms with E-state index in [4.69, 9.17) is 0 Å². The molecule has 0 aliphatic carbocycles. The first kappa shape index (κ1) is 16.7. The minimum Gasteiger partial charge on any atom is -0.412 e. The van der Waals surface area contributed by atoms with Crippen LogP contribution in [-0.4, -0.2) is 29.6 Å². The lowest BCUT2D eigenvalue weighted by atomic mass is 9.90. The third kappa shape index (κ3) is 6.68. The summed E-state index contributed by atoms with van der Waals surface area (Å²) in [5, 5.41) is 3.51. The van der Waals surface area contributed by atoms with Crippen LogP contribution < -0.4 is 5.32 Å². The van der Waals surface area contributed by atoms with Gasteiger partial charge in [0.1, 0.15) is 0 Å². The van der Waals surface area contributed by atoms with E-state index in [0.717, 1.165) is 0 Å². The lowest BCUT2D eigenvalue weighted by Crippen LogP contribution is -2.35. The van der Waals surface area contributed by atoms with Crippen LogP contribution in [0, 0.1) is 5.41 Å². The Bertz CT molecular complexity index is 128. The van der Waals surface area contributed by atoms with Gasteiger partial charge in [-0.3, -0.25) is 0 Å². The molecule has 1 heterocycles. The Balaban J connectivity index is -0.000000339. The van der Waals surface area contributed by atoms with E-state index >= 15 is 0 Å². The third-order valence-electron chi connectivity index (χ3n) is 2.24. The highest BCUT2D eigenvalue weighted by Crippen LogP contribution is 2.34. The zero-order valence-corrected chi connectivity index (χ0v) is 11.1. The molecule has 1 rings (SSSR count). The quantitative estimate of drug-likeness (QED) is 0.799. The van der Waals surface area contributed by atoms with Gasteiger partial charge in [0.2, 0.25) is 0 Å². The summed E-state index contributed by atoms with van der Waals surface area (Å²) in [5.74, 6) is 2.70. The summed E-state index contributed by atoms with van der Waals surface area (Å²) in [6, 6.07) is 0.637. The summed E-state index contributed by atoms with van der Waals surface area (Å²) >= 11 is 2.09. The molecule has 1 unspecified atom stereocenters. The second-order valence-electron chi connectivity index (χ2n) is 4.15. The van der Waals surface area contributed by atoms with Gasteiger partial charge in [0.15, 0.2) is 0 Å². The maximum atomic E-state index is 3.51. The molecule has 0 bridgehead atoms. The van der Waals surface area contributed by atoms with Crippen molar-refractivity contribution >= 4 is 11.8 Å². The first-order valence-corrected chi connectivity index (χ1v) is 6.59. The molecular weight excluding hydrogens is 194 g/mol. The summed E-state index contributed by atoms with van der Waals surface area (Å²) in [5.41, 5.74) is 0.578. The molecule has 1 aliphatic heterocycles. The molecule has 1 fully saturated rings. The first-order valence-electron chi connectivity index (χ1n) is 5.43. The van der Waals surface area contributed by atoms with Crippen LogP contribution in [0.2, 0.25) is 0 Å². The molecule has 0 aromatic rings. The second kappa shape index (κ2) is 8.57. The van der Waals surface area contributed by atoms with Crippen molar-refractivity contribution in [1.29, 1.82) is 0 Å². The number of hydrogen-bond acceptors (Lipinski definition) is 2. The van der Waals surface area contributed by atoms with E-state index in [1.165, 1.54) is 24.5 Å². The van der Waals surface area contributed by atoms with Crippen LogP contribution in [0.25, 0.3) is 0 Å². The molecule has 1 atom stereocenters. The van der Waals surface area contributed by atoms with Crippen molar-refractivity contribution in [3.05, 3.63) is 0 Å². The van der Waals surface area contributed by atoms with Crippen molar-refractivity contribution < 1.29 is 6.90 Å². The molecule has 90 valence electrons. The predicted molar refractivity (Wildman–Crippen MR) is 70.3 cm³/mol. The molecule has 2 nitrogen and oxygen atoms in total. The molecule has 3 heteroatoms. The molecule has 3 N–H and O–H groups in total. The Labute approximate surface area is 95.0 Å². The van der Waals surface area contributed by atoms with Gasteiger partial charge in [-0.05, 0) is 23.3 Å². The molecule has 1 saturated heterocycles. The predicted octanol–water partition coefficient (Wildman–Crippen LogP) is 2.58. The van der Waals surface area contributed by atoms with Crippen LogP contribution in [0.1, 0.15) is 42.5 Å². The maximum absolute atomic E-state index is 3.51. The highest BCUT2D eigenvalue weighted by atomic mass is 32.2. The van der Waals surface area contributed by atoms with Crippen molar-refractivity contribution in [3.63, 3.8) is 0 Å². The van der Waals surface area contributed by atoms with Crippen molar-refractivity contribution in [2.24, 2.45) is 5.41 Å². The molecule has 0 saturated carbocycles. The Morgan fingerprint density at radius 3 is 2.36 bits per heavy atom. The van der Waals surface area contributed by atoms with E-state index < -0.39 is 0 Å². The average molecular weight is 223 g/mol. The van der Waals surface area contributed by atoms with Gasteiger partial charge in [-0.2, -0.15) is 11.8 Å². The van der Waals surface area contributed by atoms with Gasteiger partial charge in [-0.1, -0.05) is 34.6 Å². The Morgan fingerprint density at radius 1 is 1.43 bits per heavy atom. The topological polar surface area (TPSA) is 43.5 Å². The molecule has 0 aromatic carbocycles. The summed E-state index contributed by atoms with van der Waals surface area (Å²) < 4.78 is 0. The van der Waals surface area contributed by atoms with Gasteiger partial charge >= 0.3 is 0 Å². The molecule has 0 spiro atoms.